The molecule has 110 valence electrons. The summed E-state index contributed by atoms with van der Waals surface area (Å²) in [7, 11) is 0. The van der Waals surface area contributed by atoms with Crippen LogP contribution in [0.3, 0.4) is 0 Å². The highest BCUT2D eigenvalue weighted by atomic mass is 79.9. The number of carbonyl (C=O) groups excluding carboxylic acids is 1. The largest absolute Gasteiger partial charge is 0.409 e. The highest BCUT2D eigenvalue weighted by molar-refractivity contribution is 9.11. The number of amidine groups is 1. The smallest absolute Gasteiger partial charge is 0.255 e. The molecule has 0 spiro atoms. The summed E-state index contributed by atoms with van der Waals surface area (Å²) in [5.41, 5.74) is 6.14. The Morgan fingerprint density at radius 2 is 2.15 bits per heavy atom. The molecule has 1 unspecified atom stereocenters. The molecule has 0 aliphatic heterocycles. The number of benzene rings is 1. The van der Waals surface area contributed by atoms with Crippen LogP contribution in [0, 0.1) is 5.92 Å². The lowest BCUT2D eigenvalue weighted by Gasteiger charge is -2.24. The molecule has 0 radical (unpaired) electrons. The van der Waals surface area contributed by atoms with Crippen LogP contribution >= 0.6 is 31.9 Å². The van der Waals surface area contributed by atoms with Crippen LogP contribution in [-0.4, -0.2) is 34.9 Å². The highest BCUT2D eigenvalue weighted by Gasteiger charge is 2.20. The fraction of sp³-hybridized carbons (Fsp3) is 0.385. The molecule has 1 amide bonds. The zero-order valence-electron chi connectivity index (χ0n) is 11.3. The number of hydrogen-bond acceptors (Lipinski definition) is 3. The lowest BCUT2D eigenvalue weighted by atomic mass is 10.1. The number of nitrogens with zero attached hydrogens (tertiary/aromatic N) is 2. The molecule has 0 aliphatic carbocycles. The van der Waals surface area contributed by atoms with Gasteiger partial charge in [0.1, 0.15) is 5.84 Å². The van der Waals surface area contributed by atoms with Crippen molar-refractivity contribution in [3.63, 3.8) is 0 Å². The Labute approximate surface area is 135 Å². The van der Waals surface area contributed by atoms with Gasteiger partial charge >= 0.3 is 0 Å². The predicted octanol–water partition coefficient (Wildman–Crippen LogP) is 3.06. The van der Waals surface area contributed by atoms with Crippen molar-refractivity contribution >= 4 is 43.6 Å². The first kappa shape index (κ1) is 17.0. The third kappa shape index (κ3) is 4.21. The third-order valence-corrected chi connectivity index (χ3v) is 4.09. The summed E-state index contributed by atoms with van der Waals surface area (Å²) < 4.78 is 1.63. The number of amides is 1. The van der Waals surface area contributed by atoms with Gasteiger partial charge in [-0.15, -0.1) is 0 Å². The van der Waals surface area contributed by atoms with Gasteiger partial charge in [0.2, 0.25) is 0 Å². The van der Waals surface area contributed by atoms with E-state index in [0.717, 1.165) is 8.95 Å². The van der Waals surface area contributed by atoms with Crippen LogP contribution in [-0.2, 0) is 0 Å². The van der Waals surface area contributed by atoms with Crippen LogP contribution in [0.5, 0.6) is 0 Å². The molecule has 0 fully saturated rings. The van der Waals surface area contributed by atoms with Gasteiger partial charge in [-0.25, -0.2) is 0 Å². The first-order valence-electron chi connectivity index (χ1n) is 6.12. The van der Waals surface area contributed by atoms with E-state index in [1.807, 2.05) is 26.0 Å². The van der Waals surface area contributed by atoms with Crippen molar-refractivity contribution in [1.29, 1.82) is 0 Å². The molecule has 0 heterocycles. The van der Waals surface area contributed by atoms with Gasteiger partial charge in [-0.05, 0) is 41.1 Å². The molecule has 0 aliphatic rings. The maximum absolute atomic E-state index is 12.5. The molecule has 7 heteroatoms. The van der Waals surface area contributed by atoms with E-state index < -0.39 is 0 Å². The molecular weight excluding hydrogens is 390 g/mol. The first-order valence-corrected chi connectivity index (χ1v) is 7.71. The molecule has 0 saturated carbocycles. The molecule has 0 bridgehead atoms. The maximum Gasteiger partial charge on any atom is 0.255 e. The predicted molar refractivity (Wildman–Crippen MR) is 86.0 cm³/mol. The summed E-state index contributed by atoms with van der Waals surface area (Å²) in [6.07, 6.45) is 0. The third-order valence-electron chi connectivity index (χ3n) is 2.95. The Morgan fingerprint density at radius 3 is 2.65 bits per heavy atom. The van der Waals surface area contributed by atoms with Gasteiger partial charge in [0, 0.05) is 28.0 Å². The Bertz CT molecular complexity index is 520. The summed E-state index contributed by atoms with van der Waals surface area (Å²) in [6.45, 7) is 4.64. The van der Waals surface area contributed by atoms with Crippen molar-refractivity contribution in [3.05, 3.63) is 32.7 Å². The minimum atomic E-state index is -0.210. The van der Waals surface area contributed by atoms with Gasteiger partial charge in [-0.2, -0.15) is 0 Å². The molecule has 1 rings (SSSR count). The number of hydrogen-bond donors (Lipinski definition) is 2. The zero-order valence-corrected chi connectivity index (χ0v) is 14.5. The monoisotopic (exact) mass is 405 g/mol. The lowest BCUT2D eigenvalue weighted by Crippen LogP contribution is -2.38. The summed E-state index contributed by atoms with van der Waals surface area (Å²) in [4.78, 5) is 14.2. The Hall–Kier alpha value is -1.08. The number of nitrogens with two attached hydrogens (primary N) is 1. The van der Waals surface area contributed by atoms with Crippen LogP contribution in [0.2, 0.25) is 0 Å². The summed E-state index contributed by atoms with van der Waals surface area (Å²) in [6, 6.07) is 5.40. The van der Waals surface area contributed by atoms with Gasteiger partial charge in [-0.1, -0.05) is 28.0 Å². The average molecular weight is 407 g/mol. The number of carbonyl (C=O) groups is 1. The quantitative estimate of drug-likeness (QED) is 0.341. The van der Waals surface area contributed by atoms with Gasteiger partial charge in [-0.3, -0.25) is 4.79 Å². The number of rotatable bonds is 5. The standard InChI is InChI=1S/C13H17Br2N3O2/c1-3-18(7-8(2)12(16)17-20)13(19)10-5-4-9(14)6-11(10)15/h4-6,8,20H,3,7H2,1-2H3,(H2,16,17). The molecule has 20 heavy (non-hydrogen) atoms. The summed E-state index contributed by atoms with van der Waals surface area (Å²) in [5, 5.41) is 11.6. The van der Waals surface area contributed by atoms with Crippen LogP contribution in [0.1, 0.15) is 24.2 Å². The second-order valence-electron chi connectivity index (χ2n) is 4.39. The first-order chi connectivity index (χ1) is 9.40. The molecule has 0 saturated heterocycles. The second-order valence-corrected chi connectivity index (χ2v) is 6.16. The normalized spacial score (nSPS) is 13.1. The second kappa shape index (κ2) is 7.64. The Balaban J connectivity index is 2.92. The molecular formula is C13H17Br2N3O2. The van der Waals surface area contributed by atoms with E-state index in [9.17, 15) is 4.79 Å². The van der Waals surface area contributed by atoms with Crippen molar-refractivity contribution in [3.8, 4) is 0 Å². The van der Waals surface area contributed by atoms with Crippen molar-refractivity contribution in [2.75, 3.05) is 13.1 Å². The molecule has 5 nitrogen and oxygen atoms in total. The van der Waals surface area contributed by atoms with Crippen LogP contribution < -0.4 is 5.73 Å². The van der Waals surface area contributed by atoms with Gasteiger partial charge in [0.25, 0.3) is 5.91 Å². The van der Waals surface area contributed by atoms with E-state index in [4.69, 9.17) is 10.9 Å². The van der Waals surface area contributed by atoms with Crippen LogP contribution in [0.4, 0.5) is 0 Å². The molecule has 1 atom stereocenters. The van der Waals surface area contributed by atoms with E-state index in [0.29, 0.717) is 18.7 Å². The Kier molecular flexibility index (Phi) is 6.48. The Morgan fingerprint density at radius 1 is 1.50 bits per heavy atom. The van der Waals surface area contributed by atoms with Gasteiger partial charge in [0.05, 0.1) is 5.56 Å². The minimum Gasteiger partial charge on any atom is -0.409 e. The highest BCUT2D eigenvalue weighted by Crippen LogP contribution is 2.23. The van der Waals surface area contributed by atoms with Crippen molar-refractivity contribution in [2.45, 2.75) is 13.8 Å². The van der Waals surface area contributed by atoms with E-state index in [1.165, 1.54) is 0 Å². The molecule has 1 aromatic rings. The molecule has 1 aromatic carbocycles. The fourth-order valence-corrected chi connectivity index (χ4v) is 2.93. The van der Waals surface area contributed by atoms with Crippen LogP contribution in [0.25, 0.3) is 0 Å². The SMILES string of the molecule is CCN(CC(C)/C(N)=N/O)C(=O)c1ccc(Br)cc1Br. The zero-order chi connectivity index (χ0) is 15.3. The minimum absolute atomic E-state index is 0.0931. The van der Waals surface area contributed by atoms with Crippen molar-refractivity contribution < 1.29 is 10.0 Å². The van der Waals surface area contributed by atoms with Crippen molar-refractivity contribution in [2.24, 2.45) is 16.8 Å². The van der Waals surface area contributed by atoms with E-state index >= 15 is 0 Å². The molecule has 0 aromatic heterocycles. The summed E-state index contributed by atoms with van der Waals surface area (Å²) in [5.74, 6) is -0.186. The number of oxime groups is 1. The number of halogens is 2. The van der Waals surface area contributed by atoms with E-state index in [1.54, 1.807) is 11.0 Å². The molecule has 3 N–H and O–H groups in total. The maximum atomic E-state index is 12.5. The van der Waals surface area contributed by atoms with Crippen LogP contribution in [0.15, 0.2) is 32.3 Å². The van der Waals surface area contributed by atoms with E-state index in [-0.39, 0.29) is 17.7 Å². The van der Waals surface area contributed by atoms with Gasteiger partial charge < -0.3 is 15.8 Å². The fourth-order valence-electron chi connectivity index (χ4n) is 1.71. The van der Waals surface area contributed by atoms with E-state index in [2.05, 4.69) is 37.0 Å². The summed E-state index contributed by atoms with van der Waals surface area (Å²) >= 11 is 6.74. The lowest BCUT2D eigenvalue weighted by molar-refractivity contribution is 0.0753. The van der Waals surface area contributed by atoms with Gasteiger partial charge in [0.15, 0.2) is 0 Å². The topological polar surface area (TPSA) is 78.9 Å². The van der Waals surface area contributed by atoms with Crippen molar-refractivity contribution in [1.82, 2.24) is 4.90 Å². The average Bonchev–Trinajstić information content (AvgIpc) is 2.42.